The number of piperidine rings is 1. The van der Waals surface area contributed by atoms with Crippen LogP contribution in [0.2, 0.25) is 0 Å². The number of nitrogens with zero attached hydrogens (tertiary/aromatic N) is 1. The third-order valence-electron chi connectivity index (χ3n) is 3.95. The maximum Gasteiger partial charge on any atom is 0.239 e. The van der Waals surface area contributed by atoms with Gasteiger partial charge in [-0.1, -0.05) is 12.8 Å². The van der Waals surface area contributed by atoms with Crippen LogP contribution in [0.3, 0.4) is 0 Å². The van der Waals surface area contributed by atoms with E-state index in [-0.39, 0.29) is 6.04 Å². The molecule has 3 nitrogen and oxygen atoms in total. The number of carbonyl (C=O) groups is 1. The average Bonchev–Trinajstić information content (AvgIpc) is 2.67. The maximum atomic E-state index is 12.4. The van der Waals surface area contributed by atoms with Crippen LogP contribution in [0.1, 0.15) is 38.5 Å². The van der Waals surface area contributed by atoms with Crippen molar-refractivity contribution >= 4 is 17.7 Å². The normalized spacial score (nSPS) is 27.8. The van der Waals surface area contributed by atoms with Crippen molar-refractivity contribution in [1.82, 2.24) is 10.2 Å². The van der Waals surface area contributed by atoms with E-state index in [2.05, 4.69) is 16.5 Å². The molecule has 0 saturated carbocycles. The fourth-order valence-corrected chi connectivity index (χ4v) is 3.45. The standard InChI is InChI=1S/C13H24N2OS/c1-17-11-6-9-15(10-7-11)13(16)12-5-3-2-4-8-14-12/h11-12,14H,2-10H2,1H3. The number of likely N-dealkylation sites (tertiary alicyclic amines) is 1. The lowest BCUT2D eigenvalue weighted by atomic mass is 10.1. The molecule has 1 amide bonds. The number of rotatable bonds is 2. The van der Waals surface area contributed by atoms with Crippen molar-refractivity contribution in [2.75, 3.05) is 25.9 Å². The van der Waals surface area contributed by atoms with Gasteiger partial charge in [0.05, 0.1) is 6.04 Å². The Morgan fingerprint density at radius 2 is 1.94 bits per heavy atom. The van der Waals surface area contributed by atoms with E-state index < -0.39 is 0 Å². The van der Waals surface area contributed by atoms with Crippen molar-refractivity contribution in [3.8, 4) is 0 Å². The second-order valence-electron chi connectivity index (χ2n) is 5.12. The Morgan fingerprint density at radius 3 is 2.65 bits per heavy atom. The average molecular weight is 256 g/mol. The highest BCUT2D eigenvalue weighted by atomic mass is 32.2. The van der Waals surface area contributed by atoms with Crippen LogP contribution in [0.25, 0.3) is 0 Å². The number of hydrogen-bond acceptors (Lipinski definition) is 3. The zero-order valence-electron chi connectivity index (χ0n) is 10.8. The highest BCUT2D eigenvalue weighted by Crippen LogP contribution is 2.22. The molecule has 0 aromatic rings. The van der Waals surface area contributed by atoms with Crippen molar-refractivity contribution in [2.24, 2.45) is 0 Å². The lowest BCUT2D eigenvalue weighted by Gasteiger charge is -2.33. The van der Waals surface area contributed by atoms with E-state index in [0.29, 0.717) is 5.91 Å². The van der Waals surface area contributed by atoms with Gasteiger partial charge in [-0.2, -0.15) is 11.8 Å². The molecule has 2 rings (SSSR count). The molecular weight excluding hydrogens is 232 g/mol. The summed E-state index contributed by atoms with van der Waals surface area (Å²) in [6.45, 7) is 2.93. The van der Waals surface area contributed by atoms with E-state index in [0.717, 1.165) is 31.3 Å². The third-order valence-corrected chi connectivity index (χ3v) is 5.08. The number of carbonyl (C=O) groups excluding carboxylic acids is 1. The van der Waals surface area contributed by atoms with Gasteiger partial charge in [0.1, 0.15) is 0 Å². The summed E-state index contributed by atoms with van der Waals surface area (Å²) < 4.78 is 0. The first kappa shape index (κ1) is 13.2. The first-order valence-corrected chi connectivity index (χ1v) is 8.15. The molecule has 98 valence electrons. The molecule has 0 radical (unpaired) electrons. The fraction of sp³-hybridized carbons (Fsp3) is 0.923. The van der Waals surface area contributed by atoms with Gasteiger partial charge in [0.15, 0.2) is 0 Å². The zero-order valence-corrected chi connectivity index (χ0v) is 11.6. The summed E-state index contributed by atoms with van der Waals surface area (Å²) in [6, 6.07) is 0.100. The molecule has 4 heteroatoms. The fourth-order valence-electron chi connectivity index (χ4n) is 2.77. The topological polar surface area (TPSA) is 32.3 Å². The molecule has 0 aromatic heterocycles. The van der Waals surface area contributed by atoms with Gasteiger partial charge in [-0.25, -0.2) is 0 Å². The Kier molecular flexibility index (Phi) is 5.16. The number of nitrogens with one attached hydrogen (secondary N) is 1. The molecule has 2 fully saturated rings. The Balaban J connectivity index is 1.82. The van der Waals surface area contributed by atoms with E-state index in [4.69, 9.17) is 0 Å². The van der Waals surface area contributed by atoms with Gasteiger partial charge in [-0.05, 0) is 38.5 Å². The van der Waals surface area contributed by atoms with Crippen molar-refractivity contribution < 1.29 is 4.79 Å². The Labute approximate surface area is 109 Å². The highest BCUT2D eigenvalue weighted by molar-refractivity contribution is 7.99. The molecule has 1 N–H and O–H groups in total. The van der Waals surface area contributed by atoms with Crippen LogP contribution in [-0.2, 0) is 4.79 Å². The summed E-state index contributed by atoms with van der Waals surface area (Å²) in [6.07, 6.45) is 9.23. The van der Waals surface area contributed by atoms with Gasteiger partial charge in [-0.15, -0.1) is 0 Å². The predicted octanol–water partition coefficient (Wildman–Crippen LogP) is 1.87. The molecule has 2 saturated heterocycles. The molecule has 17 heavy (non-hydrogen) atoms. The smallest absolute Gasteiger partial charge is 0.239 e. The molecule has 0 bridgehead atoms. The second-order valence-corrected chi connectivity index (χ2v) is 6.25. The second kappa shape index (κ2) is 6.64. The zero-order chi connectivity index (χ0) is 12.1. The highest BCUT2D eigenvalue weighted by Gasteiger charge is 2.27. The molecular formula is C13H24N2OS. The van der Waals surface area contributed by atoms with Crippen LogP contribution in [0, 0.1) is 0 Å². The van der Waals surface area contributed by atoms with Gasteiger partial charge in [-0.3, -0.25) is 4.79 Å². The summed E-state index contributed by atoms with van der Waals surface area (Å²) in [5.74, 6) is 0.353. The quantitative estimate of drug-likeness (QED) is 0.818. The summed E-state index contributed by atoms with van der Waals surface area (Å²) >= 11 is 1.94. The summed E-state index contributed by atoms with van der Waals surface area (Å²) in [4.78, 5) is 14.4. The Morgan fingerprint density at radius 1 is 1.18 bits per heavy atom. The van der Waals surface area contributed by atoms with Gasteiger partial charge in [0, 0.05) is 18.3 Å². The van der Waals surface area contributed by atoms with Crippen LogP contribution in [0.5, 0.6) is 0 Å². The minimum absolute atomic E-state index is 0.100. The summed E-state index contributed by atoms with van der Waals surface area (Å²) in [5.41, 5.74) is 0. The van der Waals surface area contributed by atoms with Crippen LogP contribution in [-0.4, -0.2) is 48.0 Å². The van der Waals surface area contributed by atoms with Gasteiger partial charge < -0.3 is 10.2 Å². The maximum absolute atomic E-state index is 12.4. The molecule has 0 spiro atoms. The van der Waals surface area contributed by atoms with Crippen LogP contribution < -0.4 is 5.32 Å². The lowest BCUT2D eigenvalue weighted by molar-refractivity contribution is -0.134. The summed E-state index contributed by atoms with van der Waals surface area (Å²) in [5, 5.41) is 4.17. The third kappa shape index (κ3) is 3.62. The number of amides is 1. The van der Waals surface area contributed by atoms with Crippen molar-refractivity contribution in [2.45, 2.75) is 49.8 Å². The van der Waals surface area contributed by atoms with E-state index in [1.807, 2.05) is 11.8 Å². The van der Waals surface area contributed by atoms with Crippen molar-refractivity contribution in [3.05, 3.63) is 0 Å². The van der Waals surface area contributed by atoms with Crippen molar-refractivity contribution in [1.29, 1.82) is 0 Å². The molecule has 1 atom stereocenters. The molecule has 2 aliphatic rings. The molecule has 1 unspecified atom stereocenters. The largest absolute Gasteiger partial charge is 0.341 e. The Hall–Kier alpha value is -0.220. The van der Waals surface area contributed by atoms with Crippen LogP contribution >= 0.6 is 11.8 Å². The Bertz CT molecular complexity index is 244. The monoisotopic (exact) mass is 256 g/mol. The first-order chi connectivity index (χ1) is 8.31. The van der Waals surface area contributed by atoms with E-state index in [1.54, 1.807) is 0 Å². The van der Waals surface area contributed by atoms with E-state index in [9.17, 15) is 4.79 Å². The van der Waals surface area contributed by atoms with Gasteiger partial charge >= 0.3 is 0 Å². The summed E-state index contributed by atoms with van der Waals surface area (Å²) in [7, 11) is 0. The molecule has 0 aromatic carbocycles. The number of hydrogen-bond donors (Lipinski definition) is 1. The minimum atomic E-state index is 0.100. The molecule has 0 aliphatic carbocycles. The van der Waals surface area contributed by atoms with Gasteiger partial charge in [0.25, 0.3) is 0 Å². The predicted molar refractivity (Wildman–Crippen MR) is 73.4 cm³/mol. The minimum Gasteiger partial charge on any atom is -0.341 e. The van der Waals surface area contributed by atoms with Gasteiger partial charge in [0.2, 0.25) is 5.91 Å². The van der Waals surface area contributed by atoms with E-state index >= 15 is 0 Å². The van der Waals surface area contributed by atoms with E-state index in [1.165, 1.54) is 32.1 Å². The van der Waals surface area contributed by atoms with Crippen LogP contribution in [0.15, 0.2) is 0 Å². The SMILES string of the molecule is CSC1CCN(C(=O)C2CCCCCN2)CC1. The number of thioether (sulfide) groups is 1. The first-order valence-electron chi connectivity index (χ1n) is 6.86. The van der Waals surface area contributed by atoms with Crippen LogP contribution in [0.4, 0.5) is 0 Å². The lowest BCUT2D eigenvalue weighted by Crippen LogP contribution is -2.49. The molecule has 2 heterocycles. The van der Waals surface area contributed by atoms with Crippen molar-refractivity contribution in [3.63, 3.8) is 0 Å². The molecule has 2 aliphatic heterocycles.